The molecule has 0 aliphatic carbocycles. The van der Waals surface area contributed by atoms with Crippen LogP contribution in [0.1, 0.15) is 103 Å². The van der Waals surface area contributed by atoms with Gasteiger partial charge in [-0.25, -0.2) is 0 Å². The van der Waals surface area contributed by atoms with Crippen LogP contribution in [0.5, 0.6) is 0 Å². The molecule has 0 saturated heterocycles. The van der Waals surface area contributed by atoms with Gasteiger partial charge in [0.2, 0.25) is 5.91 Å². The highest BCUT2D eigenvalue weighted by Crippen LogP contribution is 2.18. The van der Waals surface area contributed by atoms with Crippen LogP contribution in [-0.2, 0) is 4.79 Å². The van der Waals surface area contributed by atoms with E-state index < -0.39 is 0 Å². The summed E-state index contributed by atoms with van der Waals surface area (Å²) in [5, 5.41) is 10.7. The molecular formula is C21H43N2O2-. The molecule has 0 rings (SSSR count). The Bertz CT molecular complexity index is 296. The molecule has 0 fully saturated rings. The van der Waals surface area contributed by atoms with Crippen molar-refractivity contribution in [3.05, 3.63) is 5.21 Å². The molecule has 1 unspecified atom stereocenters. The van der Waals surface area contributed by atoms with Gasteiger partial charge in [-0.3, -0.25) is 4.79 Å². The molecule has 4 nitrogen and oxygen atoms in total. The zero-order chi connectivity index (χ0) is 18.8. The van der Waals surface area contributed by atoms with Crippen LogP contribution in [0.15, 0.2) is 0 Å². The van der Waals surface area contributed by atoms with Gasteiger partial charge in [0.1, 0.15) is 0 Å². The maximum atomic E-state index is 11.7. The number of hydrogen-bond acceptors (Lipinski definition) is 3. The number of nitrogens with one attached hydrogen (secondary N) is 1. The van der Waals surface area contributed by atoms with Gasteiger partial charge in [-0.1, -0.05) is 84.0 Å². The van der Waals surface area contributed by atoms with E-state index in [1.54, 1.807) is 5.48 Å². The second kappa shape index (κ2) is 18.2. The molecule has 0 radical (unpaired) electrons. The van der Waals surface area contributed by atoms with E-state index in [2.05, 4.69) is 11.8 Å². The zero-order valence-corrected chi connectivity index (χ0v) is 17.2. The van der Waals surface area contributed by atoms with Crippen molar-refractivity contribution in [1.29, 1.82) is 0 Å². The molecular weight excluding hydrogens is 312 g/mol. The van der Waals surface area contributed by atoms with E-state index >= 15 is 0 Å². The van der Waals surface area contributed by atoms with Gasteiger partial charge in [0.15, 0.2) is 0 Å². The van der Waals surface area contributed by atoms with Crippen molar-refractivity contribution in [2.75, 3.05) is 20.6 Å². The number of nitrogens with zero attached hydrogens (tertiary/aromatic N) is 1. The van der Waals surface area contributed by atoms with Crippen molar-refractivity contribution >= 4 is 5.91 Å². The van der Waals surface area contributed by atoms with E-state index in [-0.39, 0.29) is 11.8 Å². The molecule has 0 bridgehead atoms. The number of carbonyl (C=O) groups is 1. The third kappa shape index (κ3) is 16.6. The number of carbonyl (C=O) groups excluding carboxylic acids is 1. The van der Waals surface area contributed by atoms with E-state index in [1.165, 1.54) is 70.6 Å². The lowest BCUT2D eigenvalue weighted by atomic mass is 9.95. The lowest BCUT2D eigenvalue weighted by molar-refractivity contribution is -0.124. The van der Waals surface area contributed by atoms with E-state index in [0.717, 1.165) is 32.2 Å². The van der Waals surface area contributed by atoms with Gasteiger partial charge < -0.3 is 15.6 Å². The van der Waals surface area contributed by atoms with E-state index in [0.29, 0.717) is 0 Å². The summed E-state index contributed by atoms with van der Waals surface area (Å²) in [6.45, 7) is 3.24. The number of hydrogen-bond donors (Lipinski definition) is 1. The Kier molecular flexibility index (Phi) is 17.7. The lowest BCUT2D eigenvalue weighted by Crippen LogP contribution is -2.27. The maximum Gasteiger partial charge on any atom is 0.212 e. The molecule has 0 spiro atoms. The number of unbranched alkanes of at least 4 members (excludes halogenated alkanes) is 11. The highest BCUT2D eigenvalue weighted by Gasteiger charge is 2.15. The number of rotatable bonds is 18. The summed E-state index contributed by atoms with van der Waals surface area (Å²) in [6, 6.07) is 0. The molecule has 1 amide bonds. The number of hydroxylamine groups is 1. The van der Waals surface area contributed by atoms with Crippen molar-refractivity contribution in [1.82, 2.24) is 10.4 Å². The second-order valence-corrected chi connectivity index (χ2v) is 7.79. The van der Waals surface area contributed by atoms with Crippen LogP contribution < -0.4 is 5.48 Å². The summed E-state index contributed by atoms with van der Waals surface area (Å²) in [5.41, 5.74) is 1.59. The minimum atomic E-state index is -0.318. The molecule has 0 aromatic heterocycles. The van der Waals surface area contributed by atoms with Gasteiger partial charge in [0.25, 0.3) is 0 Å². The SMILES string of the molecule is CCCCCCCCCCCCCCC(CCCN(C)C)C(=O)N[O-]. The molecule has 150 valence electrons. The van der Waals surface area contributed by atoms with Gasteiger partial charge in [-0.2, -0.15) is 0 Å². The third-order valence-corrected chi connectivity index (χ3v) is 5.04. The topological polar surface area (TPSA) is 55.4 Å². The molecule has 0 saturated carbocycles. The summed E-state index contributed by atoms with van der Waals surface area (Å²) in [5.74, 6) is -0.414. The Balaban J connectivity index is 3.53. The quantitative estimate of drug-likeness (QED) is 0.255. The Morgan fingerprint density at radius 2 is 1.24 bits per heavy atom. The van der Waals surface area contributed by atoms with Crippen LogP contribution in [0, 0.1) is 11.1 Å². The first-order valence-electron chi connectivity index (χ1n) is 10.7. The largest absolute Gasteiger partial charge is 0.759 e. The van der Waals surface area contributed by atoms with Gasteiger partial charge in [-0.05, 0) is 39.9 Å². The first kappa shape index (κ1) is 24.4. The fraction of sp³-hybridized carbons (Fsp3) is 0.952. The fourth-order valence-electron chi connectivity index (χ4n) is 3.38. The summed E-state index contributed by atoms with van der Waals surface area (Å²) in [4.78, 5) is 13.8. The molecule has 1 N–H and O–H groups in total. The van der Waals surface area contributed by atoms with E-state index in [4.69, 9.17) is 0 Å². The molecule has 0 aromatic rings. The monoisotopic (exact) mass is 355 g/mol. The fourth-order valence-corrected chi connectivity index (χ4v) is 3.38. The van der Waals surface area contributed by atoms with E-state index in [1.807, 2.05) is 14.1 Å². The van der Waals surface area contributed by atoms with Crippen molar-refractivity contribution in [3.8, 4) is 0 Å². The Labute approximate surface area is 156 Å². The third-order valence-electron chi connectivity index (χ3n) is 5.04. The minimum Gasteiger partial charge on any atom is -0.759 e. The second-order valence-electron chi connectivity index (χ2n) is 7.79. The Morgan fingerprint density at radius 1 is 0.800 bits per heavy atom. The van der Waals surface area contributed by atoms with Crippen LogP contribution >= 0.6 is 0 Å². The Morgan fingerprint density at radius 3 is 1.68 bits per heavy atom. The molecule has 0 aliphatic heterocycles. The zero-order valence-electron chi connectivity index (χ0n) is 17.2. The van der Waals surface area contributed by atoms with Crippen LogP contribution in [0.2, 0.25) is 0 Å². The highest BCUT2D eigenvalue weighted by atomic mass is 16.5. The van der Waals surface area contributed by atoms with Crippen LogP contribution in [0.4, 0.5) is 0 Å². The van der Waals surface area contributed by atoms with Gasteiger partial charge in [0.05, 0.1) is 0 Å². The van der Waals surface area contributed by atoms with Gasteiger partial charge >= 0.3 is 0 Å². The molecule has 1 atom stereocenters. The van der Waals surface area contributed by atoms with Crippen LogP contribution in [0.3, 0.4) is 0 Å². The smallest absolute Gasteiger partial charge is 0.212 e. The van der Waals surface area contributed by atoms with Gasteiger partial charge in [0, 0.05) is 5.92 Å². The minimum absolute atomic E-state index is 0.0967. The summed E-state index contributed by atoms with van der Waals surface area (Å²) >= 11 is 0. The lowest BCUT2D eigenvalue weighted by Gasteiger charge is -2.19. The summed E-state index contributed by atoms with van der Waals surface area (Å²) in [7, 11) is 4.07. The normalized spacial score (nSPS) is 12.5. The van der Waals surface area contributed by atoms with Crippen molar-refractivity contribution in [3.63, 3.8) is 0 Å². The first-order valence-corrected chi connectivity index (χ1v) is 10.7. The van der Waals surface area contributed by atoms with Crippen molar-refractivity contribution in [2.24, 2.45) is 5.92 Å². The maximum absolute atomic E-state index is 11.7. The first-order chi connectivity index (χ1) is 12.1. The summed E-state index contributed by atoms with van der Waals surface area (Å²) < 4.78 is 0. The predicted molar refractivity (Wildman–Crippen MR) is 108 cm³/mol. The molecule has 0 aromatic carbocycles. The molecule has 25 heavy (non-hydrogen) atoms. The molecule has 0 aliphatic rings. The van der Waals surface area contributed by atoms with Crippen LogP contribution in [0.25, 0.3) is 0 Å². The highest BCUT2D eigenvalue weighted by molar-refractivity contribution is 5.78. The summed E-state index contributed by atoms with van der Waals surface area (Å²) in [6.07, 6.45) is 18.5. The molecule has 4 heteroatoms. The van der Waals surface area contributed by atoms with Crippen LogP contribution in [-0.4, -0.2) is 31.4 Å². The standard InChI is InChI=1S/C21H43N2O2/c1-4-5-6-7-8-9-10-11-12-13-14-15-17-20(21(24)22-25)18-16-19-23(2)3/h20H,4-19H2,1-3H3,(H-,22,24,25)/q-1. The average molecular weight is 356 g/mol. The number of amides is 1. The van der Waals surface area contributed by atoms with Crippen molar-refractivity contribution in [2.45, 2.75) is 103 Å². The Hall–Kier alpha value is -0.610. The molecule has 0 heterocycles. The van der Waals surface area contributed by atoms with E-state index in [9.17, 15) is 10.0 Å². The average Bonchev–Trinajstić information content (AvgIpc) is 2.60. The van der Waals surface area contributed by atoms with Crippen molar-refractivity contribution < 1.29 is 4.79 Å². The van der Waals surface area contributed by atoms with Gasteiger partial charge in [-0.15, -0.1) is 0 Å². The predicted octanol–water partition coefficient (Wildman–Crippen LogP) is 5.65.